The van der Waals surface area contributed by atoms with Crippen LogP contribution in [-0.4, -0.2) is 16.1 Å². The fourth-order valence-electron chi connectivity index (χ4n) is 3.73. The topological polar surface area (TPSA) is 68.0 Å². The van der Waals surface area contributed by atoms with Crippen LogP contribution in [0.15, 0.2) is 51.2 Å². The summed E-state index contributed by atoms with van der Waals surface area (Å²) in [5.41, 5.74) is 5.13. The Kier molecular flexibility index (Phi) is 4.85. The number of rotatable bonds is 5. The standard InChI is InChI=1S/C22H19N3O2S2/c1-13-24-25-22(29-13)28-12-18-17-7-2-3-8-19(17)27-20(18)21(26)23-16-10-9-14-5-4-6-15(14)11-16/h2-3,7-11H,4-6,12H2,1H3,(H,23,26). The number of hydrogen-bond acceptors (Lipinski definition) is 6. The number of carbonyl (C=O) groups is 1. The van der Waals surface area contributed by atoms with Crippen molar-refractivity contribution in [1.82, 2.24) is 10.2 Å². The molecular formula is C22H19N3O2S2. The molecule has 0 saturated carbocycles. The summed E-state index contributed by atoms with van der Waals surface area (Å²) in [5.74, 6) is 0.738. The molecule has 1 aliphatic carbocycles. The maximum absolute atomic E-state index is 13.1. The van der Waals surface area contributed by atoms with Gasteiger partial charge in [-0.05, 0) is 55.5 Å². The second-order valence-electron chi connectivity index (χ2n) is 7.07. The highest BCUT2D eigenvalue weighted by Crippen LogP contribution is 2.34. The number of anilines is 1. The van der Waals surface area contributed by atoms with E-state index in [-0.39, 0.29) is 5.91 Å². The van der Waals surface area contributed by atoms with Crippen molar-refractivity contribution in [2.45, 2.75) is 36.3 Å². The summed E-state index contributed by atoms with van der Waals surface area (Å²) in [5, 5.41) is 13.1. The lowest BCUT2D eigenvalue weighted by molar-refractivity contribution is 0.0998. The average Bonchev–Trinajstić information content (AvgIpc) is 3.44. The van der Waals surface area contributed by atoms with Gasteiger partial charge < -0.3 is 9.73 Å². The average molecular weight is 422 g/mol. The van der Waals surface area contributed by atoms with E-state index in [0.29, 0.717) is 11.5 Å². The molecule has 0 radical (unpaired) electrons. The largest absolute Gasteiger partial charge is 0.451 e. The number of fused-ring (bicyclic) bond motifs is 2. The Labute approximate surface area is 176 Å². The Morgan fingerprint density at radius 3 is 2.90 bits per heavy atom. The first-order valence-electron chi connectivity index (χ1n) is 9.54. The summed E-state index contributed by atoms with van der Waals surface area (Å²) in [4.78, 5) is 13.1. The monoisotopic (exact) mass is 421 g/mol. The Bertz CT molecular complexity index is 1210. The number of thioether (sulfide) groups is 1. The molecule has 2 aromatic carbocycles. The molecule has 0 saturated heterocycles. The van der Waals surface area contributed by atoms with Crippen LogP contribution in [0.3, 0.4) is 0 Å². The van der Waals surface area contributed by atoms with E-state index in [1.165, 1.54) is 17.5 Å². The molecule has 2 heterocycles. The van der Waals surface area contributed by atoms with Crippen molar-refractivity contribution in [3.05, 3.63) is 69.9 Å². The van der Waals surface area contributed by atoms with Crippen molar-refractivity contribution < 1.29 is 9.21 Å². The van der Waals surface area contributed by atoms with Gasteiger partial charge in [0.2, 0.25) is 0 Å². The van der Waals surface area contributed by atoms with Gasteiger partial charge in [-0.1, -0.05) is 47.4 Å². The van der Waals surface area contributed by atoms with Crippen molar-refractivity contribution in [3.63, 3.8) is 0 Å². The van der Waals surface area contributed by atoms with Crippen LogP contribution < -0.4 is 5.32 Å². The number of hydrogen-bond donors (Lipinski definition) is 1. The zero-order chi connectivity index (χ0) is 19.8. The summed E-state index contributed by atoms with van der Waals surface area (Å²) >= 11 is 3.13. The van der Waals surface area contributed by atoms with E-state index in [4.69, 9.17) is 4.42 Å². The first kappa shape index (κ1) is 18.4. The summed E-state index contributed by atoms with van der Waals surface area (Å²) in [7, 11) is 0. The summed E-state index contributed by atoms with van der Waals surface area (Å²) in [6.07, 6.45) is 3.38. The van der Waals surface area contributed by atoms with Crippen molar-refractivity contribution in [1.29, 1.82) is 0 Å². The minimum atomic E-state index is -0.219. The van der Waals surface area contributed by atoms with Gasteiger partial charge in [-0.3, -0.25) is 4.79 Å². The smallest absolute Gasteiger partial charge is 0.291 e. The molecule has 1 N–H and O–H groups in total. The Morgan fingerprint density at radius 2 is 2.03 bits per heavy atom. The molecule has 0 aliphatic heterocycles. The summed E-state index contributed by atoms with van der Waals surface area (Å²) < 4.78 is 6.85. The third-order valence-electron chi connectivity index (χ3n) is 5.11. The molecule has 1 amide bonds. The van der Waals surface area contributed by atoms with E-state index in [0.717, 1.165) is 44.4 Å². The van der Waals surface area contributed by atoms with Gasteiger partial charge >= 0.3 is 0 Å². The van der Waals surface area contributed by atoms with Crippen LogP contribution in [0.1, 0.15) is 38.7 Å². The molecule has 4 aromatic rings. The Hall–Kier alpha value is -2.64. The van der Waals surface area contributed by atoms with Crippen LogP contribution in [0, 0.1) is 6.92 Å². The van der Waals surface area contributed by atoms with Gasteiger partial charge in [0.05, 0.1) is 0 Å². The maximum Gasteiger partial charge on any atom is 0.291 e. The maximum atomic E-state index is 13.1. The lowest BCUT2D eigenvalue weighted by Crippen LogP contribution is -2.13. The third-order valence-corrected chi connectivity index (χ3v) is 7.11. The molecule has 0 fully saturated rings. The Morgan fingerprint density at radius 1 is 1.17 bits per heavy atom. The van der Waals surface area contributed by atoms with E-state index >= 15 is 0 Å². The first-order chi connectivity index (χ1) is 14.2. The van der Waals surface area contributed by atoms with Crippen LogP contribution in [0.2, 0.25) is 0 Å². The molecule has 7 heteroatoms. The Balaban J connectivity index is 1.44. The molecule has 2 aromatic heterocycles. The second kappa shape index (κ2) is 7.65. The third kappa shape index (κ3) is 3.68. The molecule has 1 aliphatic rings. The van der Waals surface area contributed by atoms with E-state index < -0.39 is 0 Å². The lowest BCUT2D eigenvalue weighted by atomic mass is 10.1. The van der Waals surface area contributed by atoms with Crippen molar-refractivity contribution in [2.75, 3.05) is 5.32 Å². The van der Waals surface area contributed by atoms with E-state index in [9.17, 15) is 4.79 Å². The number of nitrogens with zero attached hydrogens (tertiary/aromatic N) is 2. The van der Waals surface area contributed by atoms with Gasteiger partial charge in [-0.15, -0.1) is 10.2 Å². The van der Waals surface area contributed by atoms with Crippen LogP contribution in [0.4, 0.5) is 5.69 Å². The number of nitrogens with one attached hydrogen (secondary N) is 1. The van der Waals surface area contributed by atoms with Gasteiger partial charge in [0.25, 0.3) is 5.91 Å². The number of para-hydroxylation sites is 1. The molecule has 29 heavy (non-hydrogen) atoms. The fraction of sp³-hybridized carbons (Fsp3) is 0.227. The number of carbonyl (C=O) groups excluding carboxylic acids is 1. The van der Waals surface area contributed by atoms with Gasteiger partial charge in [-0.25, -0.2) is 0 Å². The van der Waals surface area contributed by atoms with Gasteiger partial charge in [0.1, 0.15) is 10.6 Å². The molecule has 146 valence electrons. The second-order valence-corrected chi connectivity index (χ2v) is 9.48. The normalized spacial score (nSPS) is 13.0. The highest BCUT2D eigenvalue weighted by molar-refractivity contribution is 8.00. The zero-order valence-electron chi connectivity index (χ0n) is 15.9. The summed E-state index contributed by atoms with van der Waals surface area (Å²) in [6.45, 7) is 1.93. The van der Waals surface area contributed by atoms with Crippen LogP contribution in [0.5, 0.6) is 0 Å². The number of furan rings is 1. The highest BCUT2D eigenvalue weighted by Gasteiger charge is 2.22. The SMILES string of the molecule is Cc1nnc(SCc2c(C(=O)Nc3ccc4c(c3)CCC4)oc3ccccc23)s1. The molecule has 5 nitrogen and oxygen atoms in total. The highest BCUT2D eigenvalue weighted by atomic mass is 32.2. The van der Waals surface area contributed by atoms with Gasteiger partial charge in [-0.2, -0.15) is 0 Å². The molecule has 0 spiro atoms. The molecule has 0 bridgehead atoms. The minimum absolute atomic E-state index is 0.219. The van der Waals surface area contributed by atoms with Gasteiger partial charge in [0.15, 0.2) is 10.1 Å². The molecule has 5 rings (SSSR count). The number of amides is 1. The molecular weight excluding hydrogens is 402 g/mol. The minimum Gasteiger partial charge on any atom is -0.451 e. The quantitative estimate of drug-likeness (QED) is 0.423. The first-order valence-corrected chi connectivity index (χ1v) is 11.3. The zero-order valence-corrected chi connectivity index (χ0v) is 17.5. The fourth-order valence-corrected chi connectivity index (χ4v) is 5.58. The van der Waals surface area contributed by atoms with E-state index in [1.54, 1.807) is 23.1 Å². The van der Waals surface area contributed by atoms with Crippen LogP contribution in [-0.2, 0) is 18.6 Å². The van der Waals surface area contributed by atoms with Crippen molar-refractivity contribution in [2.24, 2.45) is 0 Å². The number of aryl methyl sites for hydroxylation is 3. The van der Waals surface area contributed by atoms with Gasteiger partial charge in [0, 0.05) is 22.4 Å². The summed E-state index contributed by atoms with van der Waals surface area (Å²) in [6, 6.07) is 13.9. The van der Waals surface area contributed by atoms with Crippen molar-refractivity contribution in [3.8, 4) is 0 Å². The van der Waals surface area contributed by atoms with Crippen molar-refractivity contribution >= 4 is 45.7 Å². The number of benzene rings is 2. The number of aromatic nitrogens is 2. The lowest BCUT2D eigenvalue weighted by Gasteiger charge is -2.07. The van der Waals surface area contributed by atoms with Crippen LogP contribution in [0.25, 0.3) is 11.0 Å². The molecule has 0 atom stereocenters. The predicted molar refractivity (Wildman–Crippen MR) is 117 cm³/mol. The molecule has 0 unspecified atom stereocenters. The van der Waals surface area contributed by atoms with Crippen LogP contribution >= 0.6 is 23.1 Å². The van der Waals surface area contributed by atoms with E-state index in [1.807, 2.05) is 37.3 Å². The predicted octanol–water partition coefficient (Wildman–Crippen LogP) is 5.63. The van der Waals surface area contributed by atoms with E-state index in [2.05, 4.69) is 27.6 Å².